The topological polar surface area (TPSA) is 50.1 Å². The number of nitrogens with zero attached hydrogens (tertiary/aromatic N) is 2. The predicted molar refractivity (Wildman–Crippen MR) is 79.6 cm³/mol. The van der Waals surface area contributed by atoms with Crippen LogP contribution < -0.4 is 5.32 Å². The second-order valence-electron chi connectivity index (χ2n) is 4.21. The van der Waals surface area contributed by atoms with Gasteiger partial charge in [-0.15, -0.1) is 0 Å². The number of nitrogens with one attached hydrogen (secondary N) is 1. The van der Waals surface area contributed by atoms with Crippen molar-refractivity contribution in [3.05, 3.63) is 46.9 Å². The number of hydrogen-bond acceptors (Lipinski definition) is 3. The number of aromatic nitrogens is 2. The Hall–Kier alpha value is -2.01. The minimum Gasteiger partial charge on any atom is -0.426 e. The van der Waals surface area contributed by atoms with Gasteiger partial charge in [-0.25, -0.2) is 4.98 Å². The lowest BCUT2D eigenvalue weighted by atomic mass is 10.2. The van der Waals surface area contributed by atoms with Crippen molar-refractivity contribution in [2.24, 2.45) is 0 Å². The summed E-state index contributed by atoms with van der Waals surface area (Å²) in [5.74, 6) is 0.538. The molecule has 0 saturated heterocycles. The SMILES string of the molecule is CNc1ccc(-c2nc3ccc(Br)cc3n2O)cc1. The maximum Gasteiger partial charge on any atom is 0.176 e. The molecule has 0 fully saturated rings. The summed E-state index contributed by atoms with van der Waals surface area (Å²) in [6, 6.07) is 13.4. The molecular formula is C14H12BrN3O. The van der Waals surface area contributed by atoms with E-state index < -0.39 is 0 Å². The van der Waals surface area contributed by atoms with Crippen molar-refractivity contribution in [1.29, 1.82) is 0 Å². The van der Waals surface area contributed by atoms with Gasteiger partial charge in [0.15, 0.2) is 5.82 Å². The van der Waals surface area contributed by atoms with Crippen molar-refractivity contribution >= 4 is 32.7 Å². The van der Waals surface area contributed by atoms with Crippen molar-refractivity contribution in [1.82, 2.24) is 9.71 Å². The molecule has 0 bridgehead atoms. The van der Waals surface area contributed by atoms with Gasteiger partial charge in [-0.1, -0.05) is 15.9 Å². The molecule has 3 rings (SSSR count). The van der Waals surface area contributed by atoms with Gasteiger partial charge in [0, 0.05) is 22.8 Å². The van der Waals surface area contributed by atoms with Crippen LogP contribution in [0.1, 0.15) is 0 Å². The fourth-order valence-corrected chi connectivity index (χ4v) is 2.36. The Morgan fingerprint density at radius 2 is 1.89 bits per heavy atom. The number of fused-ring (bicyclic) bond motifs is 1. The largest absolute Gasteiger partial charge is 0.426 e. The first-order valence-corrected chi connectivity index (χ1v) is 6.64. The van der Waals surface area contributed by atoms with Gasteiger partial charge in [0.2, 0.25) is 0 Å². The highest BCUT2D eigenvalue weighted by Crippen LogP contribution is 2.26. The summed E-state index contributed by atoms with van der Waals surface area (Å²) in [4.78, 5) is 4.45. The Morgan fingerprint density at radius 3 is 2.58 bits per heavy atom. The second kappa shape index (κ2) is 4.59. The molecule has 1 heterocycles. The third-order valence-corrected chi connectivity index (χ3v) is 3.52. The normalized spacial score (nSPS) is 10.8. The maximum absolute atomic E-state index is 10.2. The standard InChI is InChI=1S/C14H12BrN3O/c1-16-11-5-2-9(3-6-11)14-17-12-7-4-10(15)8-13(12)18(14)19/h2-8,16,19H,1H3. The van der Waals surface area contributed by atoms with Crippen LogP contribution in [0.25, 0.3) is 22.4 Å². The number of anilines is 1. The quantitative estimate of drug-likeness (QED) is 0.708. The molecule has 4 nitrogen and oxygen atoms in total. The first-order valence-electron chi connectivity index (χ1n) is 5.84. The number of hydrogen-bond donors (Lipinski definition) is 2. The number of benzene rings is 2. The number of imidazole rings is 1. The smallest absolute Gasteiger partial charge is 0.176 e. The van der Waals surface area contributed by atoms with E-state index in [1.54, 1.807) is 0 Å². The van der Waals surface area contributed by atoms with Crippen LogP contribution in [0.5, 0.6) is 0 Å². The van der Waals surface area contributed by atoms with Gasteiger partial charge in [0.05, 0.1) is 5.52 Å². The van der Waals surface area contributed by atoms with E-state index in [2.05, 4.69) is 26.2 Å². The number of halogens is 1. The Labute approximate surface area is 118 Å². The monoisotopic (exact) mass is 317 g/mol. The number of rotatable bonds is 2. The molecule has 3 aromatic rings. The lowest BCUT2D eigenvalue weighted by molar-refractivity contribution is 0.203. The highest BCUT2D eigenvalue weighted by molar-refractivity contribution is 9.10. The molecule has 0 aliphatic rings. The second-order valence-corrected chi connectivity index (χ2v) is 5.12. The van der Waals surface area contributed by atoms with Crippen LogP contribution in [-0.4, -0.2) is 22.0 Å². The van der Waals surface area contributed by atoms with Gasteiger partial charge < -0.3 is 10.5 Å². The molecule has 0 atom stereocenters. The first kappa shape index (κ1) is 12.0. The molecule has 19 heavy (non-hydrogen) atoms. The van der Waals surface area contributed by atoms with E-state index in [1.807, 2.05) is 49.5 Å². The summed E-state index contributed by atoms with van der Waals surface area (Å²) in [5.41, 5.74) is 3.33. The highest BCUT2D eigenvalue weighted by atomic mass is 79.9. The van der Waals surface area contributed by atoms with Crippen LogP contribution in [0.3, 0.4) is 0 Å². The van der Waals surface area contributed by atoms with E-state index in [1.165, 1.54) is 0 Å². The molecule has 0 aliphatic carbocycles. The van der Waals surface area contributed by atoms with Crippen molar-refractivity contribution in [2.75, 3.05) is 12.4 Å². The molecule has 2 N–H and O–H groups in total. The van der Waals surface area contributed by atoms with Gasteiger partial charge in [0.1, 0.15) is 5.52 Å². The maximum atomic E-state index is 10.2. The molecule has 0 aliphatic heterocycles. The zero-order valence-corrected chi connectivity index (χ0v) is 11.8. The predicted octanol–water partition coefficient (Wildman–Crippen LogP) is 3.74. The van der Waals surface area contributed by atoms with Crippen molar-refractivity contribution in [3.8, 4) is 11.4 Å². The Balaban J connectivity index is 2.16. The first-order chi connectivity index (χ1) is 9.19. The fourth-order valence-electron chi connectivity index (χ4n) is 2.01. The molecule has 96 valence electrons. The van der Waals surface area contributed by atoms with Crippen LogP contribution in [0, 0.1) is 0 Å². The van der Waals surface area contributed by atoms with E-state index in [-0.39, 0.29) is 0 Å². The van der Waals surface area contributed by atoms with E-state index in [9.17, 15) is 5.21 Å². The summed E-state index contributed by atoms with van der Waals surface area (Å²) in [7, 11) is 1.87. The van der Waals surface area contributed by atoms with Crippen molar-refractivity contribution < 1.29 is 5.21 Å². The van der Waals surface area contributed by atoms with E-state index in [0.717, 1.165) is 26.0 Å². The van der Waals surface area contributed by atoms with Gasteiger partial charge in [-0.3, -0.25) is 0 Å². The summed E-state index contributed by atoms with van der Waals surface area (Å²) >= 11 is 3.39. The molecule has 5 heteroatoms. The highest BCUT2D eigenvalue weighted by Gasteiger charge is 2.12. The van der Waals surface area contributed by atoms with Crippen LogP contribution in [-0.2, 0) is 0 Å². The third-order valence-electron chi connectivity index (χ3n) is 3.02. The van der Waals surface area contributed by atoms with Gasteiger partial charge in [-0.05, 0) is 42.5 Å². The molecule has 0 unspecified atom stereocenters. The lowest BCUT2D eigenvalue weighted by Crippen LogP contribution is -1.94. The van der Waals surface area contributed by atoms with E-state index >= 15 is 0 Å². The van der Waals surface area contributed by atoms with Gasteiger partial charge >= 0.3 is 0 Å². The average molecular weight is 318 g/mol. The summed E-state index contributed by atoms with van der Waals surface area (Å²) in [6.07, 6.45) is 0. The molecular weight excluding hydrogens is 306 g/mol. The van der Waals surface area contributed by atoms with Crippen LogP contribution in [0.15, 0.2) is 46.9 Å². The average Bonchev–Trinajstić information content (AvgIpc) is 2.76. The Morgan fingerprint density at radius 1 is 1.16 bits per heavy atom. The third kappa shape index (κ3) is 2.06. The van der Waals surface area contributed by atoms with Crippen molar-refractivity contribution in [3.63, 3.8) is 0 Å². The summed E-state index contributed by atoms with van der Waals surface area (Å²) in [5, 5.41) is 13.3. The van der Waals surface area contributed by atoms with E-state index in [0.29, 0.717) is 11.3 Å². The zero-order chi connectivity index (χ0) is 13.4. The Bertz CT molecular complexity index is 734. The molecule has 0 saturated carbocycles. The zero-order valence-electron chi connectivity index (χ0n) is 10.3. The van der Waals surface area contributed by atoms with Gasteiger partial charge in [-0.2, -0.15) is 4.73 Å². The van der Waals surface area contributed by atoms with E-state index in [4.69, 9.17) is 0 Å². The molecule has 0 amide bonds. The van der Waals surface area contributed by atoms with Gasteiger partial charge in [0.25, 0.3) is 0 Å². The van der Waals surface area contributed by atoms with Crippen LogP contribution in [0.4, 0.5) is 5.69 Å². The molecule has 0 spiro atoms. The molecule has 2 aromatic carbocycles. The Kier molecular flexibility index (Phi) is 2.91. The minimum atomic E-state index is 0.538. The lowest BCUT2D eigenvalue weighted by Gasteiger charge is -2.03. The molecule has 0 radical (unpaired) electrons. The minimum absolute atomic E-state index is 0.538. The van der Waals surface area contributed by atoms with Crippen LogP contribution >= 0.6 is 15.9 Å². The fraction of sp³-hybridized carbons (Fsp3) is 0.0714. The summed E-state index contributed by atoms with van der Waals surface area (Å²) < 4.78 is 2.03. The molecule has 1 aromatic heterocycles. The van der Waals surface area contributed by atoms with Crippen molar-refractivity contribution in [2.45, 2.75) is 0 Å². The van der Waals surface area contributed by atoms with Crippen LogP contribution in [0.2, 0.25) is 0 Å². The summed E-state index contributed by atoms with van der Waals surface area (Å²) in [6.45, 7) is 0.